The Labute approximate surface area is 167 Å². The quantitative estimate of drug-likeness (QED) is 0.622. The van der Waals surface area contributed by atoms with Gasteiger partial charge in [-0.1, -0.05) is 31.1 Å². The van der Waals surface area contributed by atoms with Crippen LogP contribution in [0.3, 0.4) is 0 Å². The highest BCUT2D eigenvalue weighted by molar-refractivity contribution is 5.79. The van der Waals surface area contributed by atoms with Crippen LogP contribution in [-0.2, 0) is 6.54 Å². The molecule has 3 aromatic rings. The Morgan fingerprint density at radius 3 is 2.72 bits per heavy atom. The standard InChI is InChI=1S/C20H25F2N5O2/c1-12-14(26-29-25-12)9-27-11-23-18-15(27)7-16(28-10-19(2,3)4)24-17(18)13-5-6-20(21,22)8-13/h7,11,13H,5-6,8-10H2,1-4H3. The van der Waals surface area contributed by atoms with Crippen molar-refractivity contribution in [2.24, 2.45) is 5.41 Å². The van der Waals surface area contributed by atoms with Crippen molar-refractivity contribution in [1.82, 2.24) is 24.8 Å². The average molecular weight is 405 g/mol. The first-order chi connectivity index (χ1) is 13.6. The number of halogens is 2. The van der Waals surface area contributed by atoms with Crippen molar-refractivity contribution < 1.29 is 18.1 Å². The highest BCUT2D eigenvalue weighted by atomic mass is 19.3. The normalized spacial score (nSPS) is 19.2. The number of imidazole rings is 1. The van der Waals surface area contributed by atoms with Crippen molar-refractivity contribution in [2.75, 3.05) is 6.61 Å². The molecule has 1 unspecified atom stereocenters. The number of ether oxygens (including phenoxy) is 1. The van der Waals surface area contributed by atoms with Gasteiger partial charge in [0.1, 0.15) is 16.9 Å². The largest absolute Gasteiger partial charge is 0.477 e. The van der Waals surface area contributed by atoms with Crippen LogP contribution in [0.15, 0.2) is 17.0 Å². The third-order valence-electron chi connectivity index (χ3n) is 5.12. The van der Waals surface area contributed by atoms with E-state index in [4.69, 9.17) is 9.37 Å². The number of alkyl halides is 2. The molecule has 0 amide bonds. The third kappa shape index (κ3) is 4.23. The van der Waals surface area contributed by atoms with Crippen LogP contribution in [0.25, 0.3) is 11.0 Å². The second kappa shape index (κ2) is 7.03. The molecule has 3 heterocycles. The fourth-order valence-electron chi connectivity index (χ4n) is 3.57. The molecule has 0 aromatic carbocycles. The number of aromatic nitrogens is 5. The smallest absolute Gasteiger partial charge is 0.248 e. The first kappa shape index (κ1) is 19.7. The molecule has 0 radical (unpaired) electrons. The van der Waals surface area contributed by atoms with Gasteiger partial charge in [0, 0.05) is 24.8 Å². The van der Waals surface area contributed by atoms with Crippen LogP contribution < -0.4 is 4.74 Å². The van der Waals surface area contributed by atoms with Gasteiger partial charge in [-0.25, -0.2) is 23.4 Å². The fraction of sp³-hybridized carbons (Fsp3) is 0.600. The molecule has 0 saturated heterocycles. The van der Waals surface area contributed by atoms with Crippen molar-refractivity contribution in [3.63, 3.8) is 0 Å². The fourth-order valence-corrected chi connectivity index (χ4v) is 3.57. The number of aryl methyl sites for hydroxylation is 1. The van der Waals surface area contributed by atoms with Crippen LogP contribution in [0.2, 0.25) is 0 Å². The van der Waals surface area contributed by atoms with E-state index >= 15 is 0 Å². The molecule has 4 rings (SSSR count). The summed E-state index contributed by atoms with van der Waals surface area (Å²) in [6.07, 6.45) is 1.72. The Hall–Kier alpha value is -2.58. The van der Waals surface area contributed by atoms with Crippen molar-refractivity contribution in [3.8, 4) is 5.88 Å². The second-order valence-electron chi connectivity index (χ2n) is 9.03. The van der Waals surface area contributed by atoms with Gasteiger partial charge < -0.3 is 9.30 Å². The minimum Gasteiger partial charge on any atom is -0.477 e. The Morgan fingerprint density at radius 1 is 1.31 bits per heavy atom. The van der Waals surface area contributed by atoms with Gasteiger partial charge in [0.05, 0.1) is 30.7 Å². The van der Waals surface area contributed by atoms with Crippen LogP contribution in [-0.4, -0.2) is 37.4 Å². The highest BCUT2D eigenvalue weighted by Crippen LogP contribution is 2.45. The number of hydrogen-bond acceptors (Lipinski definition) is 6. The van der Waals surface area contributed by atoms with Crippen LogP contribution in [0.5, 0.6) is 5.88 Å². The van der Waals surface area contributed by atoms with Crippen LogP contribution in [0.1, 0.15) is 63.0 Å². The summed E-state index contributed by atoms with van der Waals surface area (Å²) in [7, 11) is 0. The number of rotatable bonds is 5. The van der Waals surface area contributed by atoms with E-state index in [9.17, 15) is 8.78 Å². The zero-order chi connectivity index (χ0) is 20.8. The van der Waals surface area contributed by atoms with E-state index in [0.717, 1.165) is 5.52 Å². The maximum atomic E-state index is 13.9. The number of pyridine rings is 1. The highest BCUT2D eigenvalue weighted by Gasteiger charge is 2.41. The monoisotopic (exact) mass is 405 g/mol. The van der Waals surface area contributed by atoms with E-state index < -0.39 is 5.92 Å². The van der Waals surface area contributed by atoms with Gasteiger partial charge in [-0.2, -0.15) is 0 Å². The molecule has 3 aromatic heterocycles. The molecular formula is C20H25F2N5O2. The minimum atomic E-state index is -2.66. The number of fused-ring (bicyclic) bond motifs is 1. The van der Waals surface area contributed by atoms with Crippen molar-refractivity contribution in [2.45, 2.75) is 65.3 Å². The van der Waals surface area contributed by atoms with Crippen molar-refractivity contribution >= 4 is 11.0 Å². The summed E-state index contributed by atoms with van der Waals surface area (Å²) in [5.74, 6) is -2.58. The van der Waals surface area contributed by atoms with Crippen molar-refractivity contribution in [3.05, 3.63) is 29.5 Å². The lowest BCUT2D eigenvalue weighted by Crippen LogP contribution is -2.18. The molecule has 0 bridgehead atoms. The lowest BCUT2D eigenvalue weighted by molar-refractivity contribution is 0.00767. The zero-order valence-electron chi connectivity index (χ0n) is 17.1. The molecular weight excluding hydrogens is 380 g/mol. The number of nitrogens with zero attached hydrogens (tertiary/aromatic N) is 5. The van der Waals surface area contributed by atoms with E-state index in [0.29, 0.717) is 48.1 Å². The third-order valence-corrected chi connectivity index (χ3v) is 5.12. The van der Waals surface area contributed by atoms with Crippen molar-refractivity contribution in [1.29, 1.82) is 0 Å². The first-order valence-electron chi connectivity index (χ1n) is 9.76. The summed E-state index contributed by atoms with van der Waals surface area (Å²) in [4.78, 5) is 9.09. The molecule has 1 fully saturated rings. The second-order valence-corrected chi connectivity index (χ2v) is 9.03. The number of hydrogen-bond donors (Lipinski definition) is 0. The van der Waals surface area contributed by atoms with Crippen LogP contribution in [0.4, 0.5) is 8.78 Å². The van der Waals surface area contributed by atoms with Gasteiger partial charge in [0.25, 0.3) is 0 Å². The molecule has 156 valence electrons. The van der Waals surface area contributed by atoms with E-state index in [2.05, 4.69) is 41.1 Å². The van der Waals surface area contributed by atoms with Crippen LogP contribution in [0, 0.1) is 12.3 Å². The summed E-state index contributed by atoms with van der Waals surface area (Å²) >= 11 is 0. The maximum Gasteiger partial charge on any atom is 0.248 e. The molecule has 0 aliphatic heterocycles. The SMILES string of the molecule is Cc1nonc1Cn1cnc2c(C3CCC(F)(F)C3)nc(OCC(C)(C)C)cc21. The molecule has 0 spiro atoms. The lowest BCUT2D eigenvalue weighted by Gasteiger charge is -2.19. The van der Waals surface area contributed by atoms with E-state index in [1.54, 1.807) is 6.33 Å². The van der Waals surface area contributed by atoms with Gasteiger partial charge in [-0.3, -0.25) is 0 Å². The summed E-state index contributed by atoms with van der Waals surface area (Å²) < 4.78 is 40.4. The summed E-state index contributed by atoms with van der Waals surface area (Å²) in [6.45, 7) is 8.88. The van der Waals surface area contributed by atoms with Gasteiger partial charge in [0.2, 0.25) is 11.8 Å². The predicted molar refractivity (Wildman–Crippen MR) is 102 cm³/mol. The van der Waals surface area contributed by atoms with Gasteiger partial charge in [0.15, 0.2) is 0 Å². The summed E-state index contributed by atoms with van der Waals surface area (Å²) in [5, 5.41) is 7.73. The first-order valence-corrected chi connectivity index (χ1v) is 9.76. The molecule has 1 aliphatic carbocycles. The van der Waals surface area contributed by atoms with Gasteiger partial charge in [-0.15, -0.1) is 0 Å². The Kier molecular flexibility index (Phi) is 4.78. The zero-order valence-corrected chi connectivity index (χ0v) is 17.1. The molecule has 0 N–H and O–H groups in total. The van der Waals surface area contributed by atoms with E-state index in [1.165, 1.54) is 0 Å². The maximum absolute atomic E-state index is 13.9. The molecule has 9 heteroatoms. The molecule has 7 nitrogen and oxygen atoms in total. The molecule has 1 atom stereocenters. The lowest BCUT2D eigenvalue weighted by atomic mass is 9.99. The predicted octanol–water partition coefficient (Wildman–Crippen LogP) is 4.50. The van der Waals surface area contributed by atoms with E-state index in [-0.39, 0.29) is 24.2 Å². The average Bonchev–Trinajstić information content (AvgIpc) is 3.32. The topological polar surface area (TPSA) is 78.9 Å². The molecule has 1 aliphatic rings. The summed E-state index contributed by atoms with van der Waals surface area (Å²) in [5.41, 5.74) is 3.31. The van der Waals surface area contributed by atoms with Gasteiger partial charge in [-0.05, 0) is 18.8 Å². The minimum absolute atomic E-state index is 0.0546. The van der Waals surface area contributed by atoms with Crippen LogP contribution >= 0.6 is 0 Å². The molecule has 1 saturated carbocycles. The Bertz CT molecular complexity index is 1020. The summed E-state index contributed by atoms with van der Waals surface area (Å²) in [6, 6.07) is 1.81. The van der Waals surface area contributed by atoms with E-state index in [1.807, 2.05) is 17.6 Å². The van der Waals surface area contributed by atoms with Gasteiger partial charge >= 0.3 is 0 Å². The molecule has 29 heavy (non-hydrogen) atoms. The Balaban J connectivity index is 1.75. The Morgan fingerprint density at radius 2 is 2.10 bits per heavy atom.